The molecule has 2 heterocycles. The second-order valence-corrected chi connectivity index (χ2v) is 4.40. The molecular weight excluding hydrogens is 266 g/mol. The van der Waals surface area contributed by atoms with Gasteiger partial charge in [-0.25, -0.2) is 4.68 Å². The maximum Gasteiger partial charge on any atom is 0.256 e. The van der Waals surface area contributed by atoms with E-state index < -0.39 is 0 Å². The molecule has 0 N–H and O–H groups in total. The van der Waals surface area contributed by atoms with Gasteiger partial charge in [0.2, 0.25) is 11.2 Å². The third-order valence-electron chi connectivity index (χ3n) is 2.40. The summed E-state index contributed by atoms with van der Waals surface area (Å²) in [5.41, 5.74) is 0. The lowest BCUT2D eigenvalue weighted by molar-refractivity contribution is 0.693. The molecule has 0 bridgehead atoms. The van der Waals surface area contributed by atoms with Crippen LogP contribution < -0.4 is 4.90 Å². The molecule has 1 unspecified atom stereocenters. The first-order chi connectivity index (χ1) is 9.10. The van der Waals surface area contributed by atoms with Crippen LogP contribution in [0.4, 0.5) is 5.95 Å². The van der Waals surface area contributed by atoms with E-state index in [1.807, 2.05) is 6.92 Å². The second kappa shape index (κ2) is 5.63. The van der Waals surface area contributed by atoms with E-state index in [0.29, 0.717) is 18.4 Å². The number of halogens is 1. The molecule has 0 saturated carbocycles. The average Bonchev–Trinajstić information content (AvgIpc) is 2.91. The normalized spacial score (nSPS) is 11.9. The van der Waals surface area contributed by atoms with E-state index in [9.17, 15) is 0 Å². The summed E-state index contributed by atoms with van der Waals surface area (Å²) in [5, 5.41) is 12.9. The lowest BCUT2D eigenvalue weighted by Gasteiger charge is -2.18. The molecule has 2 aromatic heterocycles. The fraction of sp³-hybridized carbons (Fsp3) is 0.364. The molecule has 0 spiro atoms. The van der Waals surface area contributed by atoms with E-state index in [1.165, 1.54) is 4.68 Å². The quantitative estimate of drug-likeness (QED) is 0.838. The Morgan fingerprint density at radius 3 is 2.89 bits per heavy atom. The number of hydrogen-bond acceptors (Lipinski definition) is 6. The molecule has 7 nitrogen and oxygen atoms in total. The largest absolute Gasteiger partial charge is 0.342 e. The molecule has 2 rings (SSSR count). The Bertz CT molecular complexity index is 590. The highest BCUT2D eigenvalue weighted by Crippen LogP contribution is 2.13. The standard InChI is InChI=1S/C11H12ClN7/c1-8(6-13)7-18(2)10-15-9(12)16-11(17-10)19-5-3-4-14-19/h3-5,8H,7H2,1-2H3. The Balaban J connectivity index is 2.29. The number of nitriles is 1. The minimum Gasteiger partial charge on any atom is -0.342 e. The van der Waals surface area contributed by atoms with E-state index in [-0.39, 0.29) is 11.2 Å². The van der Waals surface area contributed by atoms with Crippen molar-refractivity contribution < 1.29 is 0 Å². The van der Waals surface area contributed by atoms with Gasteiger partial charge in [-0.2, -0.15) is 25.3 Å². The van der Waals surface area contributed by atoms with Crippen molar-refractivity contribution in [2.45, 2.75) is 6.92 Å². The van der Waals surface area contributed by atoms with Gasteiger partial charge in [-0.15, -0.1) is 0 Å². The zero-order valence-corrected chi connectivity index (χ0v) is 11.3. The topological polar surface area (TPSA) is 83.5 Å². The third-order valence-corrected chi connectivity index (χ3v) is 2.57. The zero-order chi connectivity index (χ0) is 13.8. The number of aromatic nitrogens is 5. The fourth-order valence-electron chi connectivity index (χ4n) is 1.52. The van der Waals surface area contributed by atoms with Gasteiger partial charge in [-0.3, -0.25) is 0 Å². The lowest BCUT2D eigenvalue weighted by Crippen LogP contribution is -2.26. The van der Waals surface area contributed by atoms with Gasteiger partial charge in [0, 0.05) is 26.0 Å². The van der Waals surface area contributed by atoms with Gasteiger partial charge in [0.15, 0.2) is 0 Å². The first-order valence-corrected chi connectivity index (χ1v) is 6.00. The highest BCUT2D eigenvalue weighted by Gasteiger charge is 2.13. The summed E-state index contributed by atoms with van der Waals surface area (Å²) in [6.07, 6.45) is 3.34. The molecule has 1 atom stereocenters. The number of anilines is 1. The Kier molecular flexibility index (Phi) is 3.92. The van der Waals surface area contributed by atoms with Crippen molar-refractivity contribution in [2.75, 3.05) is 18.5 Å². The first-order valence-electron chi connectivity index (χ1n) is 5.62. The molecule has 0 aliphatic carbocycles. The summed E-state index contributed by atoms with van der Waals surface area (Å²) in [5.74, 6) is 0.623. The van der Waals surface area contributed by atoms with Gasteiger partial charge in [-0.05, 0) is 24.6 Å². The van der Waals surface area contributed by atoms with E-state index in [1.54, 1.807) is 30.4 Å². The highest BCUT2D eigenvalue weighted by molar-refractivity contribution is 6.28. The first kappa shape index (κ1) is 13.2. The van der Waals surface area contributed by atoms with Gasteiger partial charge in [0.05, 0.1) is 12.0 Å². The Labute approximate surface area is 115 Å². The van der Waals surface area contributed by atoms with Crippen molar-refractivity contribution in [2.24, 2.45) is 5.92 Å². The van der Waals surface area contributed by atoms with Gasteiger partial charge in [0.1, 0.15) is 0 Å². The number of hydrogen-bond donors (Lipinski definition) is 0. The summed E-state index contributed by atoms with van der Waals surface area (Å²) in [7, 11) is 1.80. The molecular formula is C11H12ClN7. The Morgan fingerprint density at radius 2 is 2.26 bits per heavy atom. The summed E-state index contributed by atoms with van der Waals surface area (Å²) in [4.78, 5) is 14.1. The average molecular weight is 278 g/mol. The molecule has 0 aliphatic rings. The summed E-state index contributed by atoms with van der Waals surface area (Å²) < 4.78 is 1.50. The van der Waals surface area contributed by atoms with E-state index in [4.69, 9.17) is 16.9 Å². The van der Waals surface area contributed by atoms with Crippen LogP contribution in [0.3, 0.4) is 0 Å². The predicted molar refractivity (Wildman–Crippen MR) is 70.0 cm³/mol. The smallest absolute Gasteiger partial charge is 0.256 e. The lowest BCUT2D eigenvalue weighted by atomic mass is 10.2. The molecule has 0 saturated heterocycles. The maximum atomic E-state index is 8.82. The summed E-state index contributed by atoms with van der Waals surface area (Å²) in [6, 6.07) is 3.92. The van der Waals surface area contributed by atoms with Crippen molar-refractivity contribution >= 4 is 17.5 Å². The SMILES string of the molecule is CC(C#N)CN(C)c1nc(Cl)nc(-n2cccn2)n1. The molecule has 0 radical (unpaired) electrons. The predicted octanol–water partition coefficient (Wildman–Crippen LogP) is 1.31. The van der Waals surface area contributed by atoms with Crippen LogP contribution in [-0.2, 0) is 0 Å². The van der Waals surface area contributed by atoms with Crippen LogP contribution in [0.2, 0.25) is 5.28 Å². The molecule has 8 heteroatoms. The minimum absolute atomic E-state index is 0.0898. The van der Waals surface area contributed by atoms with Crippen molar-refractivity contribution in [1.82, 2.24) is 24.7 Å². The van der Waals surface area contributed by atoms with Gasteiger partial charge >= 0.3 is 0 Å². The Hall–Kier alpha value is -2.20. The molecule has 0 aromatic carbocycles. The van der Waals surface area contributed by atoms with Crippen molar-refractivity contribution in [3.05, 3.63) is 23.7 Å². The number of nitrogens with zero attached hydrogens (tertiary/aromatic N) is 7. The van der Waals surface area contributed by atoms with Crippen molar-refractivity contribution in [3.63, 3.8) is 0 Å². The highest BCUT2D eigenvalue weighted by atomic mass is 35.5. The summed E-state index contributed by atoms with van der Waals surface area (Å²) in [6.45, 7) is 2.34. The van der Waals surface area contributed by atoms with Crippen LogP contribution in [0.5, 0.6) is 0 Å². The number of rotatable bonds is 4. The van der Waals surface area contributed by atoms with Crippen LogP contribution in [0.15, 0.2) is 18.5 Å². The van der Waals surface area contributed by atoms with Gasteiger partial charge < -0.3 is 4.90 Å². The van der Waals surface area contributed by atoms with E-state index in [0.717, 1.165) is 0 Å². The monoisotopic (exact) mass is 277 g/mol. The van der Waals surface area contributed by atoms with Crippen LogP contribution in [0.25, 0.3) is 5.95 Å². The zero-order valence-electron chi connectivity index (χ0n) is 10.5. The van der Waals surface area contributed by atoms with Crippen LogP contribution in [0.1, 0.15) is 6.92 Å². The van der Waals surface area contributed by atoms with Crippen LogP contribution in [0, 0.1) is 17.2 Å². The molecule has 98 valence electrons. The van der Waals surface area contributed by atoms with Crippen molar-refractivity contribution in [1.29, 1.82) is 5.26 Å². The molecule has 0 aliphatic heterocycles. The van der Waals surface area contributed by atoms with Gasteiger partial charge in [0.25, 0.3) is 5.95 Å². The Morgan fingerprint density at radius 1 is 1.47 bits per heavy atom. The summed E-state index contributed by atoms with van der Waals surface area (Å²) >= 11 is 5.89. The molecule has 19 heavy (non-hydrogen) atoms. The van der Waals surface area contributed by atoms with E-state index >= 15 is 0 Å². The van der Waals surface area contributed by atoms with Crippen molar-refractivity contribution in [3.8, 4) is 12.0 Å². The molecule has 2 aromatic rings. The molecule has 0 amide bonds. The minimum atomic E-state index is -0.131. The third kappa shape index (κ3) is 3.17. The van der Waals surface area contributed by atoms with Crippen LogP contribution >= 0.6 is 11.6 Å². The fourth-order valence-corrected chi connectivity index (χ4v) is 1.67. The maximum absolute atomic E-state index is 8.82. The molecule has 0 fully saturated rings. The second-order valence-electron chi connectivity index (χ2n) is 4.07. The van der Waals surface area contributed by atoms with Crippen LogP contribution in [-0.4, -0.2) is 38.3 Å². The van der Waals surface area contributed by atoms with Gasteiger partial charge in [-0.1, -0.05) is 0 Å². The van der Waals surface area contributed by atoms with E-state index in [2.05, 4.69) is 26.1 Å².